The van der Waals surface area contributed by atoms with Crippen LogP contribution in [0.25, 0.3) is 0 Å². The van der Waals surface area contributed by atoms with Gasteiger partial charge in [-0.2, -0.15) is 0 Å². The fraction of sp³-hybridized carbons (Fsp3) is 0.417. The number of nitrogens with one attached hydrogen (secondary N) is 1. The van der Waals surface area contributed by atoms with Crippen molar-refractivity contribution in [1.82, 2.24) is 0 Å². The third-order valence-electron chi connectivity index (χ3n) is 2.22. The summed E-state index contributed by atoms with van der Waals surface area (Å²) >= 11 is 4.99. The van der Waals surface area contributed by atoms with E-state index in [1.807, 2.05) is 38.1 Å². The van der Waals surface area contributed by atoms with Gasteiger partial charge in [-0.25, -0.2) is 0 Å². The van der Waals surface area contributed by atoms with Crippen molar-refractivity contribution in [1.29, 1.82) is 0 Å². The summed E-state index contributed by atoms with van der Waals surface area (Å²) < 4.78 is 5.44. The first-order valence-electron chi connectivity index (χ1n) is 5.39. The zero-order valence-electron chi connectivity index (χ0n) is 9.69. The third kappa shape index (κ3) is 3.79. The molecular formula is C12H18N2OS. The van der Waals surface area contributed by atoms with E-state index >= 15 is 0 Å². The maximum absolute atomic E-state index is 5.64. The Bertz CT molecular complexity index is 355. The minimum atomic E-state index is 0.171. The highest BCUT2D eigenvalue weighted by Crippen LogP contribution is 2.14. The van der Waals surface area contributed by atoms with Gasteiger partial charge in [-0.15, -0.1) is 0 Å². The summed E-state index contributed by atoms with van der Waals surface area (Å²) in [6.07, 6.45) is 0.171. The molecular weight excluding hydrogens is 220 g/mol. The molecule has 1 aromatic rings. The number of hydrogen-bond acceptors (Lipinski definition) is 3. The van der Waals surface area contributed by atoms with Crippen LogP contribution in [0.15, 0.2) is 24.3 Å². The summed E-state index contributed by atoms with van der Waals surface area (Å²) in [5.41, 5.74) is 7.48. The smallest absolute Gasteiger partial charge is 0.106 e. The van der Waals surface area contributed by atoms with Crippen LogP contribution in [0.2, 0.25) is 0 Å². The van der Waals surface area contributed by atoms with Gasteiger partial charge in [0.05, 0.1) is 6.10 Å². The summed E-state index contributed by atoms with van der Waals surface area (Å²) in [7, 11) is 0. The Labute approximate surface area is 102 Å². The van der Waals surface area contributed by atoms with Crippen LogP contribution in [0.1, 0.15) is 19.4 Å². The molecule has 0 aliphatic rings. The Morgan fingerprint density at radius 3 is 2.81 bits per heavy atom. The zero-order chi connectivity index (χ0) is 12.0. The van der Waals surface area contributed by atoms with Crippen LogP contribution in [0, 0.1) is 0 Å². The maximum Gasteiger partial charge on any atom is 0.106 e. The van der Waals surface area contributed by atoms with E-state index in [0.717, 1.165) is 24.4 Å². The van der Waals surface area contributed by atoms with Gasteiger partial charge in [-0.1, -0.05) is 24.4 Å². The Balaban J connectivity index is 2.63. The molecule has 88 valence electrons. The topological polar surface area (TPSA) is 47.3 Å². The quantitative estimate of drug-likeness (QED) is 0.746. The predicted molar refractivity (Wildman–Crippen MR) is 71.9 cm³/mol. The Morgan fingerprint density at radius 1 is 1.50 bits per heavy atom. The average molecular weight is 238 g/mol. The Kier molecular flexibility index (Phi) is 5.22. The van der Waals surface area contributed by atoms with E-state index in [-0.39, 0.29) is 6.10 Å². The standard InChI is InChI=1S/C12H18N2OS/c1-3-15-9(2)8-14-11-7-5-4-6-10(11)12(13)16/h4-7,9,14H,3,8H2,1-2H3,(H2,13,16). The van der Waals surface area contributed by atoms with Gasteiger partial charge in [0.2, 0.25) is 0 Å². The monoisotopic (exact) mass is 238 g/mol. The highest BCUT2D eigenvalue weighted by Gasteiger charge is 2.05. The van der Waals surface area contributed by atoms with E-state index in [1.165, 1.54) is 0 Å². The summed E-state index contributed by atoms with van der Waals surface area (Å²) in [6, 6.07) is 7.75. The minimum Gasteiger partial charge on any atom is -0.389 e. The van der Waals surface area contributed by atoms with Crippen molar-refractivity contribution in [3.63, 3.8) is 0 Å². The minimum absolute atomic E-state index is 0.171. The Morgan fingerprint density at radius 2 is 2.19 bits per heavy atom. The average Bonchev–Trinajstić information content (AvgIpc) is 2.27. The summed E-state index contributed by atoms with van der Waals surface area (Å²) in [5, 5.41) is 3.29. The number of ether oxygens (including phenoxy) is 1. The number of para-hydroxylation sites is 1. The maximum atomic E-state index is 5.64. The van der Waals surface area contributed by atoms with Crippen molar-refractivity contribution in [2.75, 3.05) is 18.5 Å². The van der Waals surface area contributed by atoms with Crippen LogP contribution >= 0.6 is 12.2 Å². The molecule has 0 saturated carbocycles. The van der Waals surface area contributed by atoms with Gasteiger partial charge in [0.1, 0.15) is 4.99 Å². The fourth-order valence-electron chi connectivity index (χ4n) is 1.45. The molecule has 3 nitrogen and oxygen atoms in total. The van der Waals surface area contributed by atoms with Crippen molar-refractivity contribution < 1.29 is 4.74 Å². The number of hydrogen-bond donors (Lipinski definition) is 2. The van der Waals surface area contributed by atoms with E-state index in [0.29, 0.717) is 4.99 Å². The van der Waals surface area contributed by atoms with Gasteiger partial charge >= 0.3 is 0 Å². The second-order valence-corrected chi connectivity index (χ2v) is 4.00. The van der Waals surface area contributed by atoms with Crippen LogP contribution in [-0.2, 0) is 4.74 Å². The number of benzene rings is 1. The molecule has 0 bridgehead atoms. The van der Waals surface area contributed by atoms with Gasteiger partial charge in [0, 0.05) is 24.4 Å². The number of thiocarbonyl (C=S) groups is 1. The molecule has 0 spiro atoms. The lowest BCUT2D eigenvalue weighted by Gasteiger charge is -2.15. The Hall–Kier alpha value is -1.13. The van der Waals surface area contributed by atoms with Crippen molar-refractivity contribution >= 4 is 22.9 Å². The first-order chi connectivity index (χ1) is 7.65. The van der Waals surface area contributed by atoms with Crippen molar-refractivity contribution in [2.45, 2.75) is 20.0 Å². The molecule has 1 unspecified atom stereocenters. The number of rotatable bonds is 6. The van der Waals surface area contributed by atoms with Crippen LogP contribution in [0.3, 0.4) is 0 Å². The molecule has 0 aliphatic heterocycles. The van der Waals surface area contributed by atoms with Crippen molar-refractivity contribution in [3.8, 4) is 0 Å². The molecule has 0 amide bonds. The number of nitrogens with two attached hydrogens (primary N) is 1. The number of anilines is 1. The van der Waals surface area contributed by atoms with Gasteiger partial charge in [-0.05, 0) is 26.0 Å². The van der Waals surface area contributed by atoms with Crippen LogP contribution in [0.5, 0.6) is 0 Å². The molecule has 1 aromatic carbocycles. The molecule has 3 N–H and O–H groups in total. The lowest BCUT2D eigenvalue weighted by molar-refractivity contribution is 0.0855. The van der Waals surface area contributed by atoms with Gasteiger partial charge < -0.3 is 15.8 Å². The lowest BCUT2D eigenvalue weighted by atomic mass is 10.1. The molecule has 0 aromatic heterocycles. The van der Waals surface area contributed by atoms with Gasteiger partial charge in [-0.3, -0.25) is 0 Å². The van der Waals surface area contributed by atoms with E-state index in [2.05, 4.69) is 5.32 Å². The van der Waals surface area contributed by atoms with Gasteiger partial charge in [0.25, 0.3) is 0 Å². The summed E-state index contributed by atoms with van der Waals surface area (Å²) in [5.74, 6) is 0. The molecule has 16 heavy (non-hydrogen) atoms. The van der Waals surface area contributed by atoms with Gasteiger partial charge in [0.15, 0.2) is 0 Å². The molecule has 1 rings (SSSR count). The normalized spacial score (nSPS) is 12.1. The van der Waals surface area contributed by atoms with Crippen molar-refractivity contribution in [3.05, 3.63) is 29.8 Å². The predicted octanol–water partition coefficient (Wildman–Crippen LogP) is 2.16. The van der Waals surface area contributed by atoms with Crippen LogP contribution in [0.4, 0.5) is 5.69 Å². The summed E-state index contributed by atoms with van der Waals surface area (Å²) in [4.78, 5) is 0.409. The highest BCUT2D eigenvalue weighted by atomic mass is 32.1. The molecule has 1 atom stereocenters. The SMILES string of the molecule is CCOC(C)CNc1ccccc1C(N)=S. The second-order valence-electron chi connectivity index (χ2n) is 3.56. The van der Waals surface area contributed by atoms with E-state index < -0.39 is 0 Å². The van der Waals surface area contributed by atoms with Crippen LogP contribution in [-0.4, -0.2) is 24.2 Å². The first kappa shape index (κ1) is 12.9. The first-order valence-corrected chi connectivity index (χ1v) is 5.80. The van der Waals surface area contributed by atoms with Crippen LogP contribution < -0.4 is 11.1 Å². The zero-order valence-corrected chi connectivity index (χ0v) is 10.5. The molecule has 0 saturated heterocycles. The lowest BCUT2D eigenvalue weighted by Crippen LogP contribution is -2.21. The molecule has 0 heterocycles. The van der Waals surface area contributed by atoms with E-state index in [9.17, 15) is 0 Å². The van der Waals surface area contributed by atoms with E-state index in [4.69, 9.17) is 22.7 Å². The van der Waals surface area contributed by atoms with E-state index in [1.54, 1.807) is 0 Å². The molecule has 0 radical (unpaired) electrons. The largest absolute Gasteiger partial charge is 0.389 e. The highest BCUT2D eigenvalue weighted by molar-refractivity contribution is 7.80. The molecule has 4 heteroatoms. The molecule has 0 fully saturated rings. The second kappa shape index (κ2) is 6.45. The fourth-order valence-corrected chi connectivity index (χ4v) is 1.63. The third-order valence-corrected chi connectivity index (χ3v) is 2.44. The molecule has 0 aliphatic carbocycles. The summed E-state index contributed by atoms with van der Waals surface area (Å²) in [6.45, 7) is 5.48. The van der Waals surface area contributed by atoms with Crippen molar-refractivity contribution in [2.24, 2.45) is 5.73 Å².